The smallest absolute Gasteiger partial charge is 0.425 e. The number of aryl methyl sites for hydroxylation is 1. The first-order valence-corrected chi connectivity index (χ1v) is 6.30. The van der Waals surface area contributed by atoms with Crippen molar-refractivity contribution in [3.05, 3.63) is 65.2 Å². The molecule has 1 atom stereocenters. The quantitative estimate of drug-likeness (QED) is 0.933. The van der Waals surface area contributed by atoms with Gasteiger partial charge in [0.05, 0.1) is 7.11 Å². The molecule has 0 amide bonds. The maximum absolute atomic E-state index is 13.5. The van der Waals surface area contributed by atoms with Crippen molar-refractivity contribution in [1.82, 2.24) is 0 Å². The fourth-order valence-corrected chi connectivity index (χ4v) is 2.12. The van der Waals surface area contributed by atoms with Crippen LogP contribution in [0.4, 0.5) is 13.2 Å². The lowest BCUT2D eigenvalue weighted by atomic mass is 9.85. The van der Waals surface area contributed by atoms with E-state index in [1.807, 2.05) is 0 Å². The average molecular weight is 296 g/mol. The molecule has 1 N–H and O–H groups in total. The molecule has 0 heterocycles. The van der Waals surface area contributed by atoms with Gasteiger partial charge in [0.15, 0.2) is 0 Å². The molecular weight excluding hydrogens is 281 g/mol. The van der Waals surface area contributed by atoms with E-state index in [2.05, 4.69) is 0 Å². The topological polar surface area (TPSA) is 29.5 Å². The van der Waals surface area contributed by atoms with Crippen molar-refractivity contribution in [2.45, 2.75) is 18.7 Å². The Labute approximate surface area is 120 Å². The second-order valence-corrected chi connectivity index (χ2v) is 4.80. The average Bonchev–Trinajstić information content (AvgIpc) is 2.46. The van der Waals surface area contributed by atoms with Crippen molar-refractivity contribution >= 4 is 0 Å². The summed E-state index contributed by atoms with van der Waals surface area (Å²) in [5.41, 5.74) is -2.70. The van der Waals surface area contributed by atoms with Crippen LogP contribution in [0.2, 0.25) is 0 Å². The van der Waals surface area contributed by atoms with Crippen LogP contribution in [0.5, 0.6) is 5.75 Å². The van der Waals surface area contributed by atoms with Gasteiger partial charge in [0, 0.05) is 0 Å². The Balaban J connectivity index is 2.58. The van der Waals surface area contributed by atoms with E-state index in [1.54, 1.807) is 6.92 Å². The normalized spacial score (nSPS) is 14.6. The molecule has 2 rings (SSSR count). The minimum atomic E-state index is -4.84. The maximum Gasteiger partial charge on any atom is 0.425 e. The van der Waals surface area contributed by atoms with Gasteiger partial charge in [-0.3, -0.25) is 0 Å². The molecule has 5 heteroatoms. The largest absolute Gasteiger partial charge is 0.497 e. The predicted octanol–water partition coefficient (Wildman–Crippen LogP) is 3.80. The number of rotatable bonds is 3. The highest BCUT2D eigenvalue weighted by atomic mass is 19.4. The van der Waals surface area contributed by atoms with Crippen LogP contribution in [0, 0.1) is 6.92 Å². The van der Waals surface area contributed by atoms with E-state index < -0.39 is 11.8 Å². The molecule has 0 bridgehead atoms. The lowest BCUT2D eigenvalue weighted by Crippen LogP contribution is -2.43. The molecular formula is C16H15F3O2. The number of halogens is 3. The van der Waals surface area contributed by atoms with Gasteiger partial charge in [0.1, 0.15) is 5.75 Å². The SMILES string of the molecule is COc1ccc(C(O)(c2ccc(C)cc2)C(F)(F)F)cc1. The lowest BCUT2D eigenvalue weighted by Gasteiger charge is -2.31. The zero-order chi connectivity index (χ0) is 15.7. The van der Waals surface area contributed by atoms with Crippen molar-refractivity contribution in [3.8, 4) is 5.75 Å². The Morgan fingerprint density at radius 3 is 1.67 bits per heavy atom. The lowest BCUT2D eigenvalue weighted by molar-refractivity contribution is -0.248. The van der Waals surface area contributed by atoms with Gasteiger partial charge in [-0.15, -0.1) is 0 Å². The van der Waals surface area contributed by atoms with E-state index in [1.165, 1.54) is 55.6 Å². The Morgan fingerprint density at radius 2 is 1.29 bits per heavy atom. The molecule has 0 fully saturated rings. The third-order valence-electron chi connectivity index (χ3n) is 3.39. The number of hydrogen-bond donors (Lipinski definition) is 1. The van der Waals surface area contributed by atoms with E-state index in [-0.39, 0.29) is 11.1 Å². The van der Waals surface area contributed by atoms with Gasteiger partial charge in [-0.05, 0) is 30.2 Å². The van der Waals surface area contributed by atoms with Gasteiger partial charge < -0.3 is 9.84 Å². The summed E-state index contributed by atoms with van der Waals surface area (Å²) in [6.45, 7) is 1.77. The van der Waals surface area contributed by atoms with Crippen LogP contribution in [0.25, 0.3) is 0 Å². The summed E-state index contributed by atoms with van der Waals surface area (Å²) in [6.07, 6.45) is -4.84. The highest BCUT2D eigenvalue weighted by Gasteiger charge is 2.56. The molecule has 0 aromatic heterocycles. The van der Waals surface area contributed by atoms with Crippen molar-refractivity contribution in [1.29, 1.82) is 0 Å². The van der Waals surface area contributed by atoms with Crippen LogP contribution >= 0.6 is 0 Å². The highest BCUT2D eigenvalue weighted by molar-refractivity contribution is 5.41. The summed E-state index contributed by atoms with van der Waals surface area (Å²) in [4.78, 5) is 0. The first-order valence-electron chi connectivity index (χ1n) is 6.30. The molecule has 0 spiro atoms. The fraction of sp³-hybridized carbons (Fsp3) is 0.250. The van der Waals surface area contributed by atoms with E-state index in [0.29, 0.717) is 5.75 Å². The van der Waals surface area contributed by atoms with Crippen molar-refractivity contribution in [2.75, 3.05) is 7.11 Å². The summed E-state index contributed by atoms with van der Waals surface area (Å²) < 4.78 is 45.4. The van der Waals surface area contributed by atoms with Gasteiger partial charge in [-0.2, -0.15) is 13.2 Å². The third kappa shape index (κ3) is 2.74. The van der Waals surface area contributed by atoms with Crippen molar-refractivity contribution in [3.63, 3.8) is 0 Å². The zero-order valence-corrected chi connectivity index (χ0v) is 11.6. The molecule has 1 unspecified atom stereocenters. The Bertz CT molecular complexity index is 603. The van der Waals surface area contributed by atoms with Crippen molar-refractivity contribution in [2.24, 2.45) is 0 Å². The molecule has 0 aliphatic rings. The molecule has 2 aromatic carbocycles. The highest BCUT2D eigenvalue weighted by Crippen LogP contribution is 2.44. The molecule has 112 valence electrons. The standard InChI is InChI=1S/C16H15F3O2/c1-11-3-5-12(6-4-11)15(20,16(17,18)19)13-7-9-14(21-2)10-8-13/h3-10,20H,1-2H3. The van der Waals surface area contributed by atoms with E-state index in [4.69, 9.17) is 4.74 Å². The first-order chi connectivity index (χ1) is 9.79. The number of methoxy groups -OCH3 is 1. The molecule has 0 aliphatic heterocycles. The van der Waals surface area contributed by atoms with Gasteiger partial charge in [-0.25, -0.2) is 0 Å². The number of hydrogen-bond acceptors (Lipinski definition) is 2. The minimum Gasteiger partial charge on any atom is -0.497 e. The fourth-order valence-electron chi connectivity index (χ4n) is 2.12. The van der Waals surface area contributed by atoms with Crippen LogP contribution in [-0.2, 0) is 5.60 Å². The summed E-state index contributed by atoms with van der Waals surface area (Å²) in [7, 11) is 1.42. The number of alkyl halides is 3. The molecule has 21 heavy (non-hydrogen) atoms. The Kier molecular flexibility index (Phi) is 3.96. The van der Waals surface area contributed by atoms with Crippen LogP contribution in [0.1, 0.15) is 16.7 Å². The molecule has 0 radical (unpaired) electrons. The molecule has 0 saturated heterocycles. The zero-order valence-electron chi connectivity index (χ0n) is 11.6. The van der Waals surface area contributed by atoms with Gasteiger partial charge in [0.25, 0.3) is 0 Å². The van der Waals surface area contributed by atoms with Crippen LogP contribution < -0.4 is 4.74 Å². The summed E-state index contributed by atoms with van der Waals surface area (Å²) in [5, 5.41) is 10.4. The van der Waals surface area contributed by atoms with Crippen LogP contribution in [-0.4, -0.2) is 18.4 Å². The second kappa shape index (κ2) is 5.41. The van der Waals surface area contributed by atoms with E-state index >= 15 is 0 Å². The number of aliphatic hydroxyl groups is 1. The Morgan fingerprint density at radius 1 is 0.857 bits per heavy atom. The minimum absolute atomic E-state index is 0.217. The van der Waals surface area contributed by atoms with Crippen LogP contribution in [0.3, 0.4) is 0 Å². The van der Waals surface area contributed by atoms with Crippen molar-refractivity contribution < 1.29 is 23.0 Å². The van der Waals surface area contributed by atoms with E-state index in [9.17, 15) is 18.3 Å². The summed E-state index contributed by atoms with van der Waals surface area (Å²) in [6, 6.07) is 10.9. The number of ether oxygens (including phenoxy) is 1. The third-order valence-corrected chi connectivity index (χ3v) is 3.39. The molecule has 0 saturated carbocycles. The first kappa shape index (κ1) is 15.4. The summed E-state index contributed by atoms with van der Waals surface area (Å²) >= 11 is 0. The molecule has 0 aliphatic carbocycles. The Hall–Kier alpha value is -2.01. The number of benzene rings is 2. The van der Waals surface area contributed by atoms with E-state index in [0.717, 1.165) is 5.56 Å². The van der Waals surface area contributed by atoms with Gasteiger partial charge >= 0.3 is 6.18 Å². The predicted molar refractivity (Wildman–Crippen MR) is 73.2 cm³/mol. The maximum atomic E-state index is 13.5. The van der Waals surface area contributed by atoms with Crippen LogP contribution in [0.15, 0.2) is 48.5 Å². The van der Waals surface area contributed by atoms with Gasteiger partial charge in [0.2, 0.25) is 5.60 Å². The monoisotopic (exact) mass is 296 g/mol. The second-order valence-electron chi connectivity index (χ2n) is 4.80. The van der Waals surface area contributed by atoms with Gasteiger partial charge in [-0.1, -0.05) is 42.0 Å². The molecule has 2 nitrogen and oxygen atoms in total. The summed E-state index contributed by atoms with van der Waals surface area (Å²) in [5.74, 6) is 0.423. The molecule has 2 aromatic rings.